The quantitative estimate of drug-likeness (QED) is 0.746. The molecule has 1 fully saturated rings. The van der Waals surface area contributed by atoms with Crippen LogP contribution in [-0.4, -0.2) is 59.2 Å². The predicted molar refractivity (Wildman–Crippen MR) is 106 cm³/mol. The third-order valence-corrected chi connectivity index (χ3v) is 5.06. The molecule has 3 aromatic rings. The molecule has 2 aromatic heterocycles. The number of aromatic carboxylic acids is 1. The SMILES string of the molecule is CN1CCN(c2ccc(-c3[nH]c(-c4ccncc4)cc3C(=O)O)cc2)CC1. The van der Waals surface area contributed by atoms with Gasteiger partial charge in [-0.05, 0) is 42.9 Å². The van der Waals surface area contributed by atoms with E-state index in [1.165, 1.54) is 5.69 Å². The van der Waals surface area contributed by atoms with Crippen LogP contribution in [0, 0.1) is 0 Å². The van der Waals surface area contributed by atoms with Crippen LogP contribution in [0.2, 0.25) is 0 Å². The number of carbonyl (C=O) groups is 1. The molecule has 0 radical (unpaired) electrons. The number of pyridine rings is 1. The molecule has 0 bridgehead atoms. The van der Waals surface area contributed by atoms with Crippen molar-refractivity contribution < 1.29 is 9.90 Å². The van der Waals surface area contributed by atoms with Crippen LogP contribution < -0.4 is 4.90 Å². The second kappa shape index (κ2) is 7.25. The van der Waals surface area contributed by atoms with E-state index >= 15 is 0 Å². The van der Waals surface area contributed by atoms with Crippen molar-refractivity contribution in [2.75, 3.05) is 38.1 Å². The molecule has 6 nitrogen and oxygen atoms in total. The zero-order chi connectivity index (χ0) is 18.8. The van der Waals surface area contributed by atoms with E-state index in [1.54, 1.807) is 18.5 Å². The summed E-state index contributed by atoms with van der Waals surface area (Å²) >= 11 is 0. The molecule has 1 aromatic carbocycles. The summed E-state index contributed by atoms with van der Waals surface area (Å²) in [6.45, 7) is 4.11. The number of H-pyrrole nitrogens is 1. The monoisotopic (exact) mass is 362 g/mol. The van der Waals surface area contributed by atoms with Crippen LogP contribution in [-0.2, 0) is 0 Å². The van der Waals surface area contributed by atoms with Crippen molar-refractivity contribution in [2.45, 2.75) is 0 Å². The maximum Gasteiger partial charge on any atom is 0.337 e. The van der Waals surface area contributed by atoms with Gasteiger partial charge in [0.15, 0.2) is 0 Å². The molecule has 0 amide bonds. The van der Waals surface area contributed by atoms with Gasteiger partial charge in [0, 0.05) is 55.5 Å². The Bertz CT molecular complexity index is 927. The molecule has 1 aliphatic rings. The molecule has 0 saturated carbocycles. The molecule has 1 aliphatic heterocycles. The topological polar surface area (TPSA) is 72.5 Å². The lowest BCUT2D eigenvalue weighted by Crippen LogP contribution is -2.44. The Morgan fingerprint density at radius 2 is 1.67 bits per heavy atom. The van der Waals surface area contributed by atoms with Gasteiger partial charge in [0.25, 0.3) is 0 Å². The highest BCUT2D eigenvalue weighted by atomic mass is 16.4. The molecule has 6 heteroatoms. The first-order valence-corrected chi connectivity index (χ1v) is 9.02. The van der Waals surface area contributed by atoms with Gasteiger partial charge in [0.05, 0.1) is 11.3 Å². The molecule has 138 valence electrons. The largest absolute Gasteiger partial charge is 0.478 e. The summed E-state index contributed by atoms with van der Waals surface area (Å²) in [7, 11) is 2.14. The molecule has 0 spiro atoms. The van der Waals surface area contributed by atoms with Gasteiger partial charge < -0.3 is 19.9 Å². The second-order valence-corrected chi connectivity index (χ2v) is 6.85. The highest BCUT2D eigenvalue weighted by molar-refractivity contribution is 5.97. The molecule has 4 rings (SSSR count). The maximum atomic E-state index is 11.7. The summed E-state index contributed by atoms with van der Waals surface area (Å²) in [6.07, 6.45) is 3.39. The fraction of sp³-hybridized carbons (Fsp3) is 0.238. The van der Waals surface area contributed by atoms with E-state index in [0.29, 0.717) is 5.69 Å². The number of aromatic amines is 1. The van der Waals surface area contributed by atoms with Gasteiger partial charge >= 0.3 is 5.97 Å². The molecule has 0 aliphatic carbocycles. The first-order chi connectivity index (χ1) is 13.1. The third-order valence-electron chi connectivity index (χ3n) is 5.06. The van der Waals surface area contributed by atoms with Crippen molar-refractivity contribution in [3.05, 3.63) is 60.4 Å². The average molecular weight is 362 g/mol. The molecular weight excluding hydrogens is 340 g/mol. The number of benzene rings is 1. The summed E-state index contributed by atoms with van der Waals surface area (Å²) in [4.78, 5) is 23.7. The van der Waals surface area contributed by atoms with E-state index in [-0.39, 0.29) is 5.56 Å². The number of carboxylic acids is 1. The summed E-state index contributed by atoms with van der Waals surface area (Å²) < 4.78 is 0. The maximum absolute atomic E-state index is 11.7. The van der Waals surface area contributed by atoms with E-state index in [1.807, 2.05) is 24.3 Å². The van der Waals surface area contributed by atoms with Gasteiger partial charge in [-0.25, -0.2) is 4.79 Å². The molecule has 2 N–H and O–H groups in total. The van der Waals surface area contributed by atoms with Crippen LogP contribution in [0.15, 0.2) is 54.9 Å². The van der Waals surface area contributed by atoms with Crippen molar-refractivity contribution in [1.82, 2.24) is 14.9 Å². The van der Waals surface area contributed by atoms with Gasteiger partial charge in [0.1, 0.15) is 0 Å². The fourth-order valence-electron chi connectivity index (χ4n) is 3.44. The third kappa shape index (κ3) is 3.57. The molecule has 1 saturated heterocycles. The Morgan fingerprint density at radius 1 is 1.00 bits per heavy atom. The number of carboxylic acid groups (broad SMARTS) is 1. The van der Waals surface area contributed by atoms with Crippen LogP contribution in [0.5, 0.6) is 0 Å². The highest BCUT2D eigenvalue weighted by Gasteiger charge is 2.18. The minimum absolute atomic E-state index is 0.272. The first-order valence-electron chi connectivity index (χ1n) is 9.02. The van der Waals surface area contributed by atoms with Crippen molar-refractivity contribution in [3.8, 4) is 22.5 Å². The van der Waals surface area contributed by atoms with Crippen LogP contribution >= 0.6 is 0 Å². The van der Waals surface area contributed by atoms with Crippen LogP contribution in [0.4, 0.5) is 5.69 Å². The zero-order valence-corrected chi connectivity index (χ0v) is 15.2. The molecule has 27 heavy (non-hydrogen) atoms. The van der Waals surface area contributed by atoms with Crippen LogP contribution in [0.1, 0.15) is 10.4 Å². The van der Waals surface area contributed by atoms with Gasteiger partial charge in [-0.3, -0.25) is 4.98 Å². The highest BCUT2D eigenvalue weighted by Crippen LogP contribution is 2.30. The van der Waals surface area contributed by atoms with Crippen molar-refractivity contribution in [1.29, 1.82) is 0 Å². The van der Waals surface area contributed by atoms with Gasteiger partial charge in [0.2, 0.25) is 0 Å². The summed E-state index contributed by atoms with van der Waals surface area (Å²) in [5.41, 5.74) is 4.62. The summed E-state index contributed by atoms with van der Waals surface area (Å²) in [5, 5.41) is 9.63. The second-order valence-electron chi connectivity index (χ2n) is 6.85. The Morgan fingerprint density at radius 3 is 2.30 bits per heavy atom. The lowest BCUT2D eigenvalue weighted by atomic mass is 10.1. The first kappa shape index (κ1) is 17.3. The number of nitrogens with one attached hydrogen (secondary N) is 1. The average Bonchev–Trinajstić information content (AvgIpc) is 3.15. The Balaban J connectivity index is 1.64. The van der Waals surface area contributed by atoms with Crippen LogP contribution in [0.25, 0.3) is 22.5 Å². The minimum Gasteiger partial charge on any atom is -0.478 e. The minimum atomic E-state index is -0.940. The van der Waals surface area contributed by atoms with Crippen molar-refractivity contribution in [2.24, 2.45) is 0 Å². The Kier molecular flexibility index (Phi) is 4.64. The van der Waals surface area contributed by atoms with Crippen LogP contribution in [0.3, 0.4) is 0 Å². The Labute approximate surface area is 158 Å². The number of anilines is 1. The molecule has 0 atom stereocenters. The fourth-order valence-corrected chi connectivity index (χ4v) is 3.44. The van der Waals surface area contributed by atoms with E-state index in [2.05, 4.69) is 38.9 Å². The number of aromatic nitrogens is 2. The van der Waals surface area contributed by atoms with E-state index in [0.717, 1.165) is 43.0 Å². The lowest BCUT2D eigenvalue weighted by molar-refractivity contribution is 0.0698. The number of rotatable bonds is 4. The Hall–Kier alpha value is -3.12. The zero-order valence-electron chi connectivity index (χ0n) is 15.2. The summed E-state index contributed by atoms with van der Waals surface area (Å²) in [5.74, 6) is -0.940. The lowest BCUT2D eigenvalue weighted by Gasteiger charge is -2.34. The predicted octanol–water partition coefficient (Wildman–Crippen LogP) is 3.19. The normalized spacial score (nSPS) is 15.1. The number of hydrogen-bond acceptors (Lipinski definition) is 4. The van der Waals surface area contributed by atoms with Crippen molar-refractivity contribution >= 4 is 11.7 Å². The van der Waals surface area contributed by atoms with Crippen molar-refractivity contribution in [3.63, 3.8) is 0 Å². The number of hydrogen-bond donors (Lipinski definition) is 2. The number of likely N-dealkylation sites (N-methyl/N-ethyl adjacent to an activating group) is 1. The van der Waals surface area contributed by atoms with E-state index in [4.69, 9.17) is 0 Å². The van der Waals surface area contributed by atoms with E-state index in [9.17, 15) is 9.90 Å². The van der Waals surface area contributed by atoms with E-state index < -0.39 is 5.97 Å². The van der Waals surface area contributed by atoms with Gasteiger partial charge in [-0.2, -0.15) is 0 Å². The smallest absolute Gasteiger partial charge is 0.337 e. The molecule has 0 unspecified atom stereocenters. The van der Waals surface area contributed by atoms with Gasteiger partial charge in [-0.1, -0.05) is 12.1 Å². The standard InChI is InChI=1S/C21H22N4O2/c1-24-10-12-25(13-11-24)17-4-2-16(3-5-17)20-18(21(26)27)14-19(23-20)15-6-8-22-9-7-15/h2-9,14,23H,10-13H2,1H3,(H,26,27). The number of piperazine rings is 1. The molecular formula is C21H22N4O2. The summed E-state index contributed by atoms with van der Waals surface area (Å²) in [6, 6.07) is 13.5. The van der Waals surface area contributed by atoms with Gasteiger partial charge in [-0.15, -0.1) is 0 Å². The molecule has 3 heterocycles. The number of nitrogens with zero attached hydrogens (tertiary/aromatic N) is 3.